The topological polar surface area (TPSA) is 79.1 Å². The van der Waals surface area contributed by atoms with Crippen molar-refractivity contribution in [1.82, 2.24) is 9.80 Å². The van der Waals surface area contributed by atoms with Gasteiger partial charge in [0.1, 0.15) is 5.75 Å². The van der Waals surface area contributed by atoms with Gasteiger partial charge in [0.05, 0.1) is 24.8 Å². The van der Waals surface area contributed by atoms with Crippen molar-refractivity contribution in [3.05, 3.63) is 24.3 Å². The van der Waals surface area contributed by atoms with E-state index in [1.807, 2.05) is 25.1 Å². The molecule has 0 unspecified atom stereocenters. The number of hydrogen-bond acceptors (Lipinski definition) is 5. The van der Waals surface area contributed by atoms with Gasteiger partial charge >= 0.3 is 0 Å². The monoisotopic (exact) mass is 374 g/mol. The van der Waals surface area contributed by atoms with E-state index >= 15 is 0 Å². The Bertz CT molecular complexity index is 658. The SMILES string of the molecule is CCOc1ccccc1N1CCN(CC(=O)N2CCC[C@@H](C(N)=O)C2)CC1. The Labute approximate surface area is 161 Å². The molecule has 2 amide bonds. The number of likely N-dealkylation sites (tertiary alicyclic amines) is 1. The van der Waals surface area contributed by atoms with Crippen LogP contribution in [0.3, 0.4) is 0 Å². The van der Waals surface area contributed by atoms with E-state index in [1.54, 1.807) is 4.90 Å². The van der Waals surface area contributed by atoms with Crippen LogP contribution in [-0.4, -0.2) is 74.0 Å². The first-order chi connectivity index (χ1) is 13.1. The lowest BCUT2D eigenvalue weighted by Gasteiger charge is -2.38. The molecule has 0 aromatic heterocycles. The fourth-order valence-electron chi connectivity index (χ4n) is 3.87. The highest BCUT2D eigenvalue weighted by Crippen LogP contribution is 2.28. The van der Waals surface area contributed by atoms with Crippen LogP contribution in [0.1, 0.15) is 19.8 Å². The van der Waals surface area contributed by atoms with Gasteiger partial charge in [0.15, 0.2) is 0 Å². The number of piperidine rings is 1. The van der Waals surface area contributed by atoms with E-state index in [9.17, 15) is 9.59 Å². The molecule has 2 saturated heterocycles. The largest absolute Gasteiger partial charge is 0.492 e. The standard InChI is InChI=1S/C20H30N4O3/c1-2-27-18-8-4-3-7-17(18)23-12-10-22(11-13-23)15-19(25)24-9-5-6-16(14-24)20(21)26/h3-4,7-8,16H,2,5-6,9-15H2,1H3,(H2,21,26)/t16-/m1/s1. The highest BCUT2D eigenvalue weighted by molar-refractivity contribution is 5.81. The minimum atomic E-state index is -0.297. The normalized spacial score (nSPS) is 21.1. The molecule has 7 heteroatoms. The molecule has 1 atom stereocenters. The average molecular weight is 374 g/mol. The van der Waals surface area contributed by atoms with E-state index in [0.717, 1.165) is 57.0 Å². The summed E-state index contributed by atoms with van der Waals surface area (Å²) in [7, 11) is 0. The Morgan fingerprint density at radius 1 is 1.15 bits per heavy atom. The molecular formula is C20H30N4O3. The third kappa shape index (κ3) is 4.91. The van der Waals surface area contributed by atoms with E-state index < -0.39 is 0 Å². The quantitative estimate of drug-likeness (QED) is 0.801. The lowest BCUT2D eigenvalue weighted by atomic mass is 9.97. The summed E-state index contributed by atoms with van der Waals surface area (Å²) in [5, 5.41) is 0. The number of carbonyl (C=O) groups is 2. The van der Waals surface area contributed by atoms with Crippen LogP contribution in [0.25, 0.3) is 0 Å². The van der Waals surface area contributed by atoms with Gasteiger partial charge in [0, 0.05) is 39.3 Å². The number of nitrogens with zero attached hydrogens (tertiary/aromatic N) is 3. The Hall–Kier alpha value is -2.28. The van der Waals surface area contributed by atoms with Crippen LogP contribution in [0.4, 0.5) is 5.69 Å². The lowest BCUT2D eigenvalue weighted by Crippen LogP contribution is -2.52. The number of piperazine rings is 1. The minimum absolute atomic E-state index is 0.101. The van der Waals surface area contributed by atoms with Gasteiger partial charge < -0.3 is 20.3 Å². The number of hydrogen-bond donors (Lipinski definition) is 1. The first-order valence-corrected chi connectivity index (χ1v) is 9.84. The van der Waals surface area contributed by atoms with Gasteiger partial charge in [-0.05, 0) is 31.9 Å². The maximum Gasteiger partial charge on any atom is 0.236 e. The van der Waals surface area contributed by atoms with Crippen molar-refractivity contribution in [2.24, 2.45) is 11.7 Å². The zero-order valence-corrected chi connectivity index (χ0v) is 16.1. The van der Waals surface area contributed by atoms with Gasteiger partial charge in [0.2, 0.25) is 11.8 Å². The zero-order chi connectivity index (χ0) is 19.2. The highest BCUT2D eigenvalue weighted by Gasteiger charge is 2.28. The van der Waals surface area contributed by atoms with Crippen LogP contribution in [0.15, 0.2) is 24.3 Å². The molecule has 0 spiro atoms. The number of rotatable bonds is 6. The van der Waals surface area contributed by atoms with Crippen LogP contribution < -0.4 is 15.4 Å². The molecule has 1 aromatic rings. The smallest absolute Gasteiger partial charge is 0.236 e. The summed E-state index contributed by atoms with van der Waals surface area (Å²) in [6.45, 7) is 7.63. The van der Waals surface area contributed by atoms with Crippen molar-refractivity contribution in [2.75, 3.05) is 57.3 Å². The predicted molar refractivity (Wildman–Crippen MR) is 105 cm³/mol. The molecule has 27 heavy (non-hydrogen) atoms. The summed E-state index contributed by atoms with van der Waals surface area (Å²) in [6.07, 6.45) is 1.64. The van der Waals surface area contributed by atoms with Gasteiger partial charge in [-0.1, -0.05) is 12.1 Å². The molecule has 1 aromatic carbocycles. The number of para-hydroxylation sites is 2. The molecule has 2 aliphatic heterocycles. The van der Waals surface area contributed by atoms with E-state index in [1.165, 1.54) is 0 Å². The molecule has 0 radical (unpaired) electrons. The maximum atomic E-state index is 12.6. The minimum Gasteiger partial charge on any atom is -0.492 e. The molecular weight excluding hydrogens is 344 g/mol. The molecule has 0 bridgehead atoms. The second kappa shape index (κ2) is 9.08. The molecule has 148 valence electrons. The molecule has 2 aliphatic rings. The third-order valence-corrected chi connectivity index (χ3v) is 5.41. The Morgan fingerprint density at radius 2 is 1.89 bits per heavy atom. The fraction of sp³-hybridized carbons (Fsp3) is 0.600. The van der Waals surface area contributed by atoms with Crippen molar-refractivity contribution < 1.29 is 14.3 Å². The van der Waals surface area contributed by atoms with Crippen LogP contribution in [0.5, 0.6) is 5.75 Å². The average Bonchev–Trinajstić information content (AvgIpc) is 2.69. The van der Waals surface area contributed by atoms with E-state index in [2.05, 4.69) is 15.9 Å². The van der Waals surface area contributed by atoms with Crippen molar-refractivity contribution in [3.63, 3.8) is 0 Å². The second-order valence-corrected chi connectivity index (χ2v) is 7.25. The lowest BCUT2D eigenvalue weighted by molar-refractivity contribution is -0.136. The van der Waals surface area contributed by atoms with E-state index in [-0.39, 0.29) is 17.7 Å². The molecule has 2 heterocycles. The van der Waals surface area contributed by atoms with Crippen molar-refractivity contribution in [3.8, 4) is 5.75 Å². The molecule has 2 fully saturated rings. The number of nitrogens with two attached hydrogens (primary N) is 1. The molecule has 0 saturated carbocycles. The summed E-state index contributed by atoms with van der Waals surface area (Å²) >= 11 is 0. The summed E-state index contributed by atoms with van der Waals surface area (Å²) in [6, 6.07) is 8.10. The van der Waals surface area contributed by atoms with Gasteiger partial charge in [-0.15, -0.1) is 0 Å². The first-order valence-electron chi connectivity index (χ1n) is 9.84. The van der Waals surface area contributed by atoms with Crippen LogP contribution in [0.2, 0.25) is 0 Å². The Morgan fingerprint density at radius 3 is 2.59 bits per heavy atom. The number of benzene rings is 1. The van der Waals surface area contributed by atoms with Gasteiger partial charge in [-0.25, -0.2) is 0 Å². The number of amides is 2. The summed E-state index contributed by atoms with van der Waals surface area (Å²) in [5.41, 5.74) is 6.53. The molecule has 2 N–H and O–H groups in total. The van der Waals surface area contributed by atoms with Crippen molar-refractivity contribution in [1.29, 1.82) is 0 Å². The number of primary amides is 1. The predicted octanol–water partition coefficient (Wildman–Crippen LogP) is 0.931. The number of anilines is 1. The highest BCUT2D eigenvalue weighted by atomic mass is 16.5. The van der Waals surface area contributed by atoms with Crippen molar-refractivity contribution in [2.45, 2.75) is 19.8 Å². The number of ether oxygens (including phenoxy) is 1. The van der Waals surface area contributed by atoms with Gasteiger partial charge in [-0.2, -0.15) is 0 Å². The third-order valence-electron chi connectivity index (χ3n) is 5.41. The first kappa shape index (κ1) is 19.5. The second-order valence-electron chi connectivity index (χ2n) is 7.25. The maximum absolute atomic E-state index is 12.6. The summed E-state index contributed by atoms with van der Waals surface area (Å²) in [4.78, 5) is 30.3. The number of carbonyl (C=O) groups excluding carboxylic acids is 2. The molecule has 0 aliphatic carbocycles. The zero-order valence-electron chi connectivity index (χ0n) is 16.1. The van der Waals surface area contributed by atoms with Crippen LogP contribution >= 0.6 is 0 Å². The Kier molecular flexibility index (Phi) is 6.55. The Balaban J connectivity index is 1.51. The van der Waals surface area contributed by atoms with Gasteiger partial charge in [0.25, 0.3) is 0 Å². The van der Waals surface area contributed by atoms with Crippen molar-refractivity contribution >= 4 is 17.5 Å². The van der Waals surface area contributed by atoms with E-state index in [4.69, 9.17) is 10.5 Å². The summed E-state index contributed by atoms with van der Waals surface area (Å²) in [5.74, 6) is 0.517. The molecule has 3 rings (SSSR count). The van der Waals surface area contributed by atoms with Gasteiger partial charge in [-0.3, -0.25) is 14.5 Å². The van der Waals surface area contributed by atoms with E-state index in [0.29, 0.717) is 19.7 Å². The fourth-order valence-corrected chi connectivity index (χ4v) is 3.87. The molecule has 7 nitrogen and oxygen atoms in total. The van der Waals surface area contributed by atoms with Crippen LogP contribution in [0, 0.1) is 5.92 Å². The van der Waals surface area contributed by atoms with Crippen LogP contribution in [-0.2, 0) is 9.59 Å². The summed E-state index contributed by atoms with van der Waals surface area (Å²) < 4.78 is 5.74.